The van der Waals surface area contributed by atoms with Crippen LogP contribution in [0.15, 0.2) is 28.1 Å². The number of nitrogens with zero attached hydrogens (tertiary/aromatic N) is 2. The van der Waals surface area contributed by atoms with E-state index in [-0.39, 0.29) is 12.5 Å². The van der Waals surface area contributed by atoms with Crippen molar-refractivity contribution < 1.29 is 9.50 Å². The molecule has 0 amide bonds. The van der Waals surface area contributed by atoms with Crippen LogP contribution in [0.5, 0.6) is 0 Å². The van der Waals surface area contributed by atoms with Gasteiger partial charge in [0.1, 0.15) is 10.9 Å². The molecule has 1 N–H and O–H groups in total. The maximum Gasteiger partial charge on any atom is 0.167 e. The number of imidazole rings is 1. The highest BCUT2D eigenvalue weighted by atomic mass is 35.5. The molecule has 0 radical (unpaired) electrons. The third-order valence-electron chi connectivity index (χ3n) is 3.30. The van der Waals surface area contributed by atoms with Gasteiger partial charge in [-0.2, -0.15) is 0 Å². The number of halogens is 3. The first-order valence-electron chi connectivity index (χ1n) is 7.36. The smallest absolute Gasteiger partial charge is 0.167 e. The van der Waals surface area contributed by atoms with Gasteiger partial charge in [-0.3, -0.25) is 4.57 Å². The molecule has 1 heterocycles. The van der Waals surface area contributed by atoms with Crippen molar-refractivity contribution in [3.05, 3.63) is 39.8 Å². The molecule has 0 unspecified atom stereocenters. The van der Waals surface area contributed by atoms with E-state index in [0.717, 1.165) is 15.6 Å². The zero-order valence-electron chi connectivity index (χ0n) is 13.0. The number of aromatic nitrogens is 2. The van der Waals surface area contributed by atoms with Crippen molar-refractivity contribution in [3.8, 4) is 0 Å². The van der Waals surface area contributed by atoms with Gasteiger partial charge in [-0.1, -0.05) is 48.8 Å². The first-order valence-corrected chi connectivity index (χ1v) is 8.93. The highest BCUT2D eigenvalue weighted by Crippen LogP contribution is 2.37. The molecule has 0 aliphatic heterocycles. The molecule has 1 aromatic heterocycles. The van der Waals surface area contributed by atoms with E-state index in [2.05, 4.69) is 4.98 Å². The molecule has 0 aliphatic rings. The number of aryl methyl sites for hydroxylation is 1. The Balaban J connectivity index is 2.43. The molecule has 0 fully saturated rings. The zero-order valence-corrected chi connectivity index (χ0v) is 15.3. The van der Waals surface area contributed by atoms with Crippen LogP contribution in [0.4, 0.5) is 4.39 Å². The third-order valence-corrected chi connectivity index (χ3v) is 4.83. The van der Waals surface area contributed by atoms with E-state index >= 15 is 0 Å². The van der Waals surface area contributed by atoms with Crippen molar-refractivity contribution in [2.75, 3.05) is 6.61 Å². The minimum absolute atomic E-state index is 0.0581. The fourth-order valence-corrected chi connectivity index (χ4v) is 4.14. The summed E-state index contributed by atoms with van der Waals surface area (Å²) in [5.41, 5.74) is 0.844. The number of benzene rings is 1. The predicted molar refractivity (Wildman–Crippen MR) is 93.4 cm³/mol. The van der Waals surface area contributed by atoms with Crippen LogP contribution in [-0.2, 0) is 13.2 Å². The molecule has 7 heteroatoms. The van der Waals surface area contributed by atoms with Crippen LogP contribution in [0.1, 0.15) is 37.7 Å². The van der Waals surface area contributed by atoms with E-state index in [4.69, 9.17) is 28.3 Å². The number of rotatable bonds is 7. The van der Waals surface area contributed by atoms with E-state index in [1.165, 1.54) is 11.8 Å². The molecule has 126 valence electrons. The average molecular weight is 377 g/mol. The molecular formula is C16H19Cl2FN2OS. The molecule has 0 atom stereocenters. The molecule has 1 aromatic carbocycles. The van der Waals surface area contributed by atoms with Gasteiger partial charge in [-0.05, 0) is 30.5 Å². The van der Waals surface area contributed by atoms with Gasteiger partial charge in [0.15, 0.2) is 6.80 Å². The van der Waals surface area contributed by atoms with Gasteiger partial charge in [0.05, 0.1) is 5.69 Å². The normalized spacial score (nSPS) is 11.4. The van der Waals surface area contributed by atoms with Gasteiger partial charge in [-0.25, -0.2) is 9.37 Å². The van der Waals surface area contributed by atoms with Crippen LogP contribution < -0.4 is 0 Å². The van der Waals surface area contributed by atoms with Crippen LogP contribution in [0, 0.1) is 0 Å². The van der Waals surface area contributed by atoms with Gasteiger partial charge in [-0.15, -0.1) is 0 Å². The monoisotopic (exact) mass is 376 g/mol. The SMILES string of the molecule is CC(C)c1nc(CCCO)n(CF)c1Sc1cc(Cl)cc(Cl)c1. The lowest BCUT2D eigenvalue weighted by Gasteiger charge is -2.10. The Kier molecular flexibility index (Phi) is 6.77. The number of hydrogen-bond acceptors (Lipinski definition) is 3. The van der Waals surface area contributed by atoms with E-state index in [9.17, 15) is 4.39 Å². The van der Waals surface area contributed by atoms with Crippen LogP contribution >= 0.6 is 35.0 Å². The Morgan fingerprint density at radius 1 is 1.26 bits per heavy atom. The average Bonchev–Trinajstić information content (AvgIpc) is 2.81. The Labute approximate surface area is 149 Å². The van der Waals surface area contributed by atoms with Gasteiger partial charge in [0, 0.05) is 28.0 Å². The van der Waals surface area contributed by atoms with E-state index < -0.39 is 6.80 Å². The topological polar surface area (TPSA) is 38.1 Å². The summed E-state index contributed by atoms with van der Waals surface area (Å²) in [6.45, 7) is 3.45. The van der Waals surface area contributed by atoms with E-state index in [1.807, 2.05) is 13.8 Å². The van der Waals surface area contributed by atoms with Gasteiger partial charge < -0.3 is 5.11 Å². The second-order valence-corrected chi connectivity index (χ2v) is 7.39. The second kappa shape index (κ2) is 8.38. The number of hydrogen-bond donors (Lipinski definition) is 1. The molecule has 0 saturated heterocycles. The minimum Gasteiger partial charge on any atom is -0.396 e. The largest absolute Gasteiger partial charge is 0.396 e. The van der Waals surface area contributed by atoms with Crippen molar-refractivity contribution in [1.82, 2.24) is 9.55 Å². The summed E-state index contributed by atoms with van der Waals surface area (Å²) in [5.74, 6) is 0.814. The molecule has 0 aliphatic carbocycles. The maximum atomic E-state index is 13.6. The minimum atomic E-state index is -0.656. The third kappa shape index (κ3) is 4.63. The molecule has 23 heavy (non-hydrogen) atoms. The van der Waals surface area contributed by atoms with Crippen molar-refractivity contribution >= 4 is 35.0 Å². The van der Waals surface area contributed by atoms with E-state index in [0.29, 0.717) is 28.7 Å². The summed E-state index contributed by atoms with van der Waals surface area (Å²) in [6, 6.07) is 5.26. The van der Waals surface area contributed by atoms with Crippen LogP contribution in [0.2, 0.25) is 10.0 Å². The summed E-state index contributed by atoms with van der Waals surface area (Å²) >= 11 is 13.5. The standard InChI is InChI=1S/C16H19Cl2FN2OS/c1-10(2)15-16(21(9-19)14(20-15)4-3-5-22)23-13-7-11(17)6-12(18)8-13/h6-8,10,22H,3-5,9H2,1-2H3. The number of aliphatic hydroxyl groups excluding tert-OH is 1. The van der Waals surface area contributed by atoms with Crippen molar-refractivity contribution in [2.45, 2.75) is 49.3 Å². The Morgan fingerprint density at radius 3 is 2.43 bits per heavy atom. The fourth-order valence-electron chi connectivity index (χ4n) is 2.24. The Bertz CT molecular complexity index is 656. The molecule has 0 saturated carbocycles. The lowest BCUT2D eigenvalue weighted by Crippen LogP contribution is -2.03. The van der Waals surface area contributed by atoms with Gasteiger partial charge in [0.25, 0.3) is 0 Å². The molecule has 3 nitrogen and oxygen atoms in total. The second-order valence-electron chi connectivity index (χ2n) is 5.46. The molecule has 2 aromatic rings. The lowest BCUT2D eigenvalue weighted by atomic mass is 10.1. The van der Waals surface area contributed by atoms with Crippen LogP contribution in [-0.4, -0.2) is 21.3 Å². The Hall–Kier alpha value is -0.750. The number of alkyl halides is 1. The van der Waals surface area contributed by atoms with Crippen molar-refractivity contribution in [2.24, 2.45) is 0 Å². The molecular weight excluding hydrogens is 358 g/mol. The maximum absolute atomic E-state index is 13.6. The van der Waals surface area contributed by atoms with Gasteiger partial charge in [0.2, 0.25) is 0 Å². The zero-order chi connectivity index (χ0) is 17.0. The summed E-state index contributed by atoms with van der Waals surface area (Å²) < 4.78 is 15.2. The highest BCUT2D eigenvalue weighted by Gasteiger charge is 2.20. The summed E-state index contributed by atoms with van der Waals surface area (Å²) in [7, 11) is 0. The Morgan fingerprint density at radius 2 is 1.91 bits per heavy atom. The lowest BCUT2D eigenvalue weighted by molar-refractivity contribution is 0.284. The molecule has 0 spiro atoms. The first kappa shape index (κ1) is 18.6. The highest BCUT2D eigenvalue weighted by molar-refractivity contribution is 7.99. The van der Waals surface area contributed by atoms with Crippen LogP contribution in [0.3, 0.4) is 0 Å². The van der Waals surface area contributed by atoms with Gasteiger partial charge >= 0.3 is 0 Å². The van der Waals surface area contributed by atoms with Crippen LogP contribution in [0.25, 0.3) is 0 Å². The molecule has 2 rings (SSSR count). The predicted octanol–water partition coefficient (Wildman–Crippen LogP) is 5.32. The summed E-state index contributed by atoms with van der Waals surface area (Å²) in [5, 5.41) is 10.8. The summed E-state index contributed by atoms with van der Waals surface area (Å²) in [6.07, 6.45) is 1.10. The number of aliphatic hydroxyl groups is 1. The van der Waals surface area contributed by atoms with E-state index in [1.54, 1.807) is 22.8 Å². The van der Waals surface area contributed by atoms with Crippen molar-refractivity contribution in [3.63, 3.8) is 0 Å². The molecule has 0 bridgehead atoms. The fraction of sp³-hybridized carbons (Fsp3) is 0.438. The van der Waals surface area contributed by atoms with Crippen molar-refractivity contribution in [1.29, 1.82) is 0 Å². The quantitative estimate of drug-likeness (QED) is 0.710. The summed E-state index contributed by atoms with van der Waals surface area (Å²) in [4.78, 5) is 5.42. The first-order chi connectivity index (χ1) is 11.0.